The molecule has 0 atom stereocenters. The molecule has 1 aromatic carbocycles. The van der Waals surface area contributed by atoms with Gasteiger partial charge in [-0.3, -0.25) is 9.48 Å². The maximum absolute atomic E-state index is 13.1. The number of piperidine rings is 2. The third kappa shape index (κ3) is 6.82. The summed E-state index contributed by atoms with van der Waals surface area (Å²) >= 11 is 0. The number of hydrogen-bond acceptors (Lipinski definition) is 6. The van der Waals surface area contributed by atoms with Crippen LogP contribution in [0.4, 0.5) is 18.9 Å². The monoisotopic (exact) mass is 598 g/mol. The molecule has 1 aliphatic carbocycles. The first kappa shape index (κ1) is 29.9. The third-order valence-corrected chi connectivity index (χ3v) is 9.99. The standard InChI is InChI=1S/C32H41F3N6O2/c1-43-28-20-26-23(19-27(28)38-30(42)25-3-2-4-29(37-25)32(33,34)35)21-41(39-26)24-7-5-22(6-8-24)9-16-40-17-12-31(13-18-40)10-14-36-15-11-31/h2-4,19-22,24,36H,5-18H2,1H3,(H,38,42)/t22-,24-. The van der Waals surface area contributed by atoms with Crippen LogP contribution in [0.15, 0.2) is 36.5 Å². The van der Waals surface area contributed by atoms with Gasteiger partial charge in [0, 0.05) is 17.6 Å². The van der Waals surface area contributed by atoms with E-state index >= 15 is 0 Å². The maximum Gasteiger partial charge on any atom is 0.433 e. The molecule has 3 aliphatic rings. The van der Waals surface area contributed by atoms with Crippen LogP contribution in [0, 0.1) is 11.3 Å². The number of nitrogens with one attached hydrogen (secondary N) is 2. The van der Waals surface area contributed by atoms with E-state index in [0.717, 1.165) is 35.7 Å². The van der Waals surface area contributed by atoms with Crippen LogP contribution in [0.3, 0.4) is 0 Å². The van der Waals surface area contributed by atoms with E-state index in [2.05, 4.69) is 20.5 Å². The molecule has 0 bridgehead atoms. The lowest BCUT2D eigenvalue weighted by atomic mass is 9.71. The average Bonchev–Trinajstić information content (AvgIpc) is 3.43. The molecule has 6 rings (SSSR count). The molecule has 2 N–H and O–H groups in total. The van der Waals surface area contributed by atoms with Crippen LogP contribution >= 0.6 is 0 Å². The number of aromatic nitrogens is 3. The molecule has 3 aromatic rings. The van der Waals surface area contributed by atoms with Crippen molar-refractivity contribution in [1.82, 2.24) is 25.0 Å². The van der Waals surface area contributed by atoms with Gasteiger partial charge in [-0.2, -0.15) is 18.3 Å². The summed E-state index contributed by atoms with van der Waals surface area (Å²) in [5, 5.41) is 11.8. The summed E-state index contributed by atoms with van der Waals surface area (Å²) in [6, 6.07) is 7.07. The number of nitrogens with zero attached hydrogens (tertiary/aromatic N) is 4. The molecule has 1 spiro atoms. The number of benzene rings is 1. The van der Waals surface area contributed by atoms with Gasteiger partial charge in [-0.05, 0) is 120 Å². The molecule has 2 saturated heterocycles. The smallest absolute Gasteiger partial charge is 0.433 e. The Kier molecular flexibility index (Phi) is 8.64. The molecule has 2 aliphatic heterocycles. The van der Waals surface area contributed by atoms with Gasteiger partial charge in [-0.25, -0.2) is 4.98 Å². The Morgan fingerprint density at radius 2 is 1.84 bits per heavy atom. The van der Waals surface area contributed by atoms with Crippen LogP contribution in [0.1, 0.15) is 80.0 Å². The minimum absolute atomic E-state index is 0.316. The Bertz CT molecular complexity index is 1420. The first-order chi connectivity index (χ1) is 20.7. The molecule has 1 amide bonds. The fraction of sp³-hybridized carbons (Fsp3) is 0.594. The van der Waals surface area contributed by atoms with Gasteiger partial charge in [-0.1, -0.05) is 6.07 Å². The highest BCUT2D eigenvalue weighted by molar-refractivity contribution is 6.05. The zero-order valence-corrected chi connectivity index (χ0v) is 24.8. The molecule has 0 unspecified atom stereocenters. The number of fused-ring (bicyclic) bond motifs is 1. The molecular weight excluding hydrogens is 557 g/mol. The van der Waals surface area contributed by atoms with Gasteiger partial charge in [0.1, 0.15) is 17.1 Å². The molecule has 2 aromatic heterocycles. The SMILES string of the molecule is COc1cc2nn([C@H]3CC[C@H](CCN4CCC5(CCNCC5)CC4)CC3)cc2cc1NC(=O)c1cccc(C(F)(F)F)n1. The molecule has 43 heavy (non-hydrogen) atoms. The predicted octanol–water partition coefficient (Wildman–Crippen LogP) is 6.30. The van der Waals surface area contributed by atoms with Crippen molar-refractivity contribution in [2.45, 2.75) is 70.0 Å². The summed E-state index contributed by atoms with van der Waals surface area (Å²) in [4.78, 5) is 19.0. The molecule has 0 radical (unpaired) electrons. The number of pyridine rings is 1. The Labute approximate surface area is 250 Å². The molecule has 3 fully saturated rings. The maximum atomic E-state index is 13.1. The number of halogens is 3. The topological polar surface area (TPSA) is 84.3 Å². The number of anilines is 1. The van der Waals surface area contributed by atoms with Crippen molar-refractivity contribution in [2.24, 2.45) is 11.3 Å². The number of ether oxygens (including phenoxy) is 1. The van der Waals surface area contributed by atoms with Gasteiger partial charge in [0.2, 0.25) is 0 Å². The predicted molar refractivity (Wildman–Crippen MR) is 159 cm³/mol. The van der Waals surface area contributed by atoms with E-state index in [0.29, 0.717) is 22.9 Å². The lowest BCUT2D eigenvalue weighted by Gasteiger charge is -2.44. The van der Waals surface area contributed by atoms with Crippen molar-refractivity contribution < 1.29 is 22.7 Å². The normalized spacial score (nSPS) is 23.0. The first-order valence-electron chi connectivity index (χ1n) is 15.6. The fourth-order valence-corrected chi connectivity index (χ4v) is 7.20. The average molecular weight is 599 g/mol. The number of alkyl halides is 3. The van der Waals surface area contributed by atoms with Crippen LogP contribution in [-0.2, 0) is 6.18 Å². The molecule has 232 valence electrons. The highest BCUT2D eigenvalue weighted by Crippen LogP contribution is 2.40. The van der Waals surface area contributed by atoms with Crippen molar-refractivity contribution in [1.29, 1.82) is 0 Å². The lowest BCUT2D eigenvalue weighted by Crippen LogP contribution is -2.45. The second-order valence-corrected chi connectivity index (χ2v) is 12.6. The van der Waals surface area contributed by atoms with Crippen LogP contribution in [0.2, 0.25) is 0 Å². The van der Waals surface area contributed by atoms with Crippen molar-refractivity contribution >= 4 is 22.5 Å². The summed E-state index contributed by atoms with van der Waals surface area (Å²) in [6.07, 6.45) is 8.56. The quantitative estimate of drug-likeness (QED) is 0.332. The number of carbonyl (C=O) groups is 1. The van der Waals surface area contributed by atoms with Crippen molar-refractivity contribution in [3.8, 4) is 5.75 Å². The van der Waals surface area contributed by atoms with Gasteiger partial charge in [0.15, 0.2) is 0 Å². The second kappa shape index (κ2) is 12.4. The highest BCUT2D eigenvalue weighted by atomic mass is 19.4. The zero-order valence-electron chi connectivity index (χ0n) is 24.8. The summed E-state index contributed by atoms with van der Waals surface area (Å²) in [5.74, 6) is 0.387. The van der Waals surface area contributed by atoms with Crippen LogP contribution in [-0.4, -0.2) is 65.4 Å². The van der Waals surface area contributed by atoms with E-state index in [1.807, 2.05) is 10.9 Å². The third-order valence-electron chi connectivity index (χ3n) is 9.99. The second-order valence-electron chi connectivity index (χ2n) is 12.6. The van der Waals surface area contributed by atoms with Crippen molar-refractivity contribution in [2.75, 3.05) is 45.2 Å². The minimum atomic E-state index is -4.63. The van der Waals surface area contributed by atoms with Crippen LogP contribution in [0.5, 0.6) is 5.75 Å². The Balaban J connectivity index is 1.04. The van der Waals surface area contributed by atoms with Crippen molar-refractivity contribution in [3.05, 3.63) is 47.9 Å². The van der Waals surface area contributed by atoms with E-state index in [1.54, 1.807) is 12.1 Å². The first-order valence-corrected chi connectivity index (χ1v) is 15.6. The molecule has 1 saturated carbocycles. The summed E-state index contributed by atoms with van der Waals surface area (Å²) < 4.78 is 46.7. The van der Waals surface area contributed by atoms with Crippen LogP contribution < -0.4 is 15.4 Å². The highest BCUT2D eigenvalue weighted by Gasteiger charge is 2.36. The number of amides is 1. The number of rotatable bonds is 7. The number of hydrogen-bond donors (Lipinski definition) is 2. The fourth-order valence-electron chi connectivity index (χ4n) is 7.20. The Morgan fingerprint density at radius 3 is 2.53 bits per heavy atom. The summed E-state index contributed by atoms with van der Waals surface area (Å²) in [7, 11) is 1.48. The number of carbonyl (C=O) groups excluding carboxylic acids is 1. The van der Waals surface area contributed by atoms with E-state index < -0.39 is 17.8 Å². The molecule has 4 heterocycles. The molecule has 11 heteroatoms. The minimum Gasteiger partial charge on any atom is -0.494 e. The van der Waals surface area contributed by atoms with Crippen molar-refractivity contribution in [3.63, 3.8) is 0 Å². The van der Waals surface area contributed by atoms with Gasteiger partial charge in [0.05, 0.1) is 24.4 Å². The molecular formula is C32H41F3N6O2. The van der Waals surface area contributed by atoms with Gasteiger partial charge < -0.3 is 20.3 Å². The van der Waals surface area contributed by atoms with E-state index in [-0.39, 0.29) is 5.69 Å². The summed E-state index contributed by atoms with van der Waals surface area (Å²) in [5.41, 5.74) is 0.256. The van der Waals surface area contributed by atoms with Crippen LogP contribution in [0.25, 0.3) is 10.9 Å². The molecule has 8 nitrogen and oxygen atoms in total. The van der Waals surface area contributed by atoms with E-state index in [9.17, 15) is 18.0 Å². The number of methoxy groups -OCH3 is 1. The number of likely N-dealkylation sites (tertiary alicyclic amines) is 1. The summed E-state index contributed by atoms with van der Waals surface area (Å²) in [6.45, 7) is 6.07. The van der Waals surface area contributed by atoms with Gasteiger partial charge in [-0.15, -0.1) is 0 Å². The van der Waals surface area contributed by atoms with E-state index in [1.165, 1.54) is 96.9 Å². The largest absolute Gasteiger partial charge is 0.494 e. The lowest BCUT2D eigenvalue weighted by molar-refractivity contribution is -0.141. The Hall–Kier alpha value is -3.18. The van der Waals surface area contributed by atoms with Gasteiger partial charge in [0.25, 0.3) is 5.91 Å². The zero-order chi connectivity index (χ0) is 30.0. The Morgan fingerprint density at radius 1 is 1.09 bits per heavy atom. The van der Waals surface area contributed by atoms with E-state index in [4.69, 9.17) is 9.84 Å². The van der Waals surface area contributed by atoms with Gasteiger partial charge >= 0.3 is 6.18 Å².